The lowest BCUT2D eigenvalue weighted by Crippen LogP contribution is -2.72. The van der Waals surface area contributed by atoms with E-state index in [0.29, 0.717) is 23.5 Å². The number of nitrogens with zero attached hydrogens (tertiary/aromatic N) is 2. The standard InChI is InChI=1S/C21H36N4O2.HI/c1-25(2)17(26)14-23-20(22-13-15-7-4-3-5-8-15)24-18-16-9-12-27-19(16)21(18)10-6-11-21;/h15-16,18-19H,3-14H2,1-2H3,(H2,22,23,24);1H. The molecule has 1 amide bonds. The maximum absolute atomic E-state index is 12.0. The molecular formula is C21H37IN4O2. The van der Waals surface area contributed by atoms with Crippen molar-refractivity contribution in [1.82, 2.24) is 15.5 Å². The second-order valence-electron chi connectivity index (χ2n) is 9.29. The number of nitrogens with one attached hydrogen (secondary N) is 2. The maximum atomic E-state index is 12.0. The Morgan fingerprint density at radius 3 is 2.54 bits per heavy atom. The van der Waals surface area contributed by atoms with Crippen LogP contribution < -0.4 is 10.6 Å². The van der Waals surface area contributed by atoms with Gasteiger partial charge >= 0.3 is 0 Å². The Balaban J connectivity index is 0.00000225. The number of aliphatic imine (C=N–C) groups is 1. The zero-order chi connectivity index (χ0) is 18.9. The van der Waals surface area contributed by atoms with Crippen molar-refractivity contribution in [3.8, 4) is 0 Å². The first kappa shape index (κ1) is 22.1. The zero-order valence-corrected chi connectivity index (χ0v) is 19.7. The molecule has 3 aliphatic carbocycles. The summed E-state index contributed by atoms with van der Waals surface area (Å²) in [6.07, 6.45) is 12.1. The van der Waals surface area contributed by atoms with E-state index in [-0.39, 0.29) is 36.4 Å². The summed E-state index contributed by atoms with van der Waals surface area (Å²) in [5, 5.41) is 7.32. The van der Waals surface area contributed by atoms with Crippen molar-refractivity contribution in [1.29, 1.82) is 0 Å². The predicted octanol–water partition coefficient (Wildman–Crippen LogP) is 2.77. The third kappa shape index (κ3) is 4.30. The molecule has 4 rings (SSSR count). The fourth-order valence-corrected chi connectivity index (χ4v) is 5.68. The molecule has 0 bridgehead atoms. The van der Waals surface area contributed by atoms with Crippen LogP contribution in [0, 0.1) is 17.3 Å². The summed E-state index contributed by atoms with van der Waals surface area (Å²) >= 11 is 0. The van der Waals surface area contributed by atoms with Gasteiger partial charge in [0.2, 0.25) is 5.91 Å². The summed E-state index contributed by atoms with van der Waals surface area (Å²) in [5.74, 6) is 2.22. The molecule has 6 nitrogen and oxygen atoms in total. The minimum atomic E-state index is 0. The molecule has 0 aromatic rings. The third-order valence-corrected chi connectivity index (χ3v) is 7.48. The van der Waals surface area contributed by atoms with Crippen LogP contribution in [0.3, 0.4) is 0 Å². The van der Waals surface area contributed by atoms with E-state index >= 15 is 0 Å². The monoisotopic (exact) mass is 504 g/mol. The molecule has 0 aromatic heterocycles. The average Bonchev–Trinajstić information content (AvgIpc) is 3.05. The fourth-order valence-electron chi connectivity index (χ4n) is 5.68. The third-order valence-electron chi connectivity index (χ3n) is 7.48. The number of fused-ring (bicyclic) bond motifs is 2. The summed E-state index contributed by atoms with van der Waals surface area (Å²) in [4.78, 5) is 18.3. The van der Waals surface area contributed by atoms with Gasteiger partial charge in [0.05, 0.1) is 6.10 Å². The minimum Gasteiger partial charge on any atom is -0.377 e. The number of carbonyl (C=O) groups is 1. The van der Waals surface area contributed by atoms with E-state index < -0.39 is 0 Å². The number of ether oxygens (including phenoxy) is 1. The lowest BCUT2D eigenvalue weighted by molar-refractivity contribution is -0.171. The molecule has 28 heavy (non-hydrogen) atoms. The molecule has 1 aliphatic heterocycles. The van der Waals surface area contributed by atoms with Gasteiger partial charge in [-0.25, -0.2) is 4.99 Å². The van der Waals surface area contributed by atoms with E-state index in [2.05, 4.69) is 15.6 Å². The van der Waals surface area contributed by atoms with Crippen molar-refractivity contribution in [3.63, 3.8) is 0 Å². The second kappa shape index (κ2) is 9.49. The van der Waals surface area contributed by atoms with Gasteiger partial charge in [-0.05, 0) is 38.0 Å². The van der Waals surface area contributed by atoms with E-state index in [1.807, 2.05) is 0 Å². The Hall–Kier alpha value is -0.570. The summed E-state index contributed by atoms with van der Waals surface area (Å²) in [7, 11) is 3.58. The van der Waals surface area contributed by atoms with Crippen LogP contribution in [0.25, 0.3) is 0 Å². The van der Waals surface area contributed by atoms with Gasteiger partial charge in [0.15, 0.2) is 5.96 Å². The van der Waals surface area contributed by atoms with E-state index in [1.165, 1.54) is 51.4 Å². The van der Waals surface area contributed by atoms with Crippen molar-refractivity contribution in [2.45, 2.75) is 69.9 Å². The maximum Gasteiger partial charge on any atom is 0.243 e. The van der Waals surface area contributed by atoms with Gasteiger partial charge < -0.3 is 20.3 Å². The van der Waals surface area contributed by atoms with Crippen LogP contribution in [0.1, 0.15) is 57.8 Å². The first-order valence-electron chi connectivity index (χ1n) is 11.0. The van der Waals surface area contributed by atoms with Crippen molar-refractivity contribution in [2.24, 2.45) is 22.2 Å². The van der Waals surface area contributed by atoms with Crippen LogP contribution in [0.2, 0.25) is 0 Å². The zero-order valence-electron chi connectivity index (χ0n) is 17.4. The molecule has 2 N–H and O–H groups in total. The van der Waals surface area contributed by atoms with Gasteiger partial charge in [-0.15, -0.1) is 24.0 Å². The topological polar surface area (TPSA) is 66.0 Å². The van der Waals surface area contributed by atoms with Gasteiger partial charge in [0, 0.05) is 44.6 Å². The molecule has 160 valence electrons. The summed E-state index contributed by atoms with van der Waals surface area (Å²) in [6.45, 7) is 2.07. The lowest BCUT2D eigenvalue weighted by atomic mass is 9.46. The lowest BCUT2D eigenvalue weighted by Gasteiger charge is -2.63. The molecular weight excluding hydrogens is 467 g/mol. The molecule has 1 spiro atoms. The molecule has 3 saturated carbocycles. The van der Waals surface area contributed by atoms with E-state index in [1.54, 1.807) is 19.0 Å². The van der Waals surface area contributed by atoms with Crippen LogP contribution in [0.15, 0.2) is 4.99 Å². The molecule has 3 unspecified atom stereocenters. The number of likely N-dealkylation sites (N-methyl/N-ethyl adjacent to an activating group) is 1. The summed E-state index contributed by atoms with van der Waals surface area (Å²) in [6, 6.07) is 0.450. The Morgan fingerprint density at radius 1 is 1.14 bits per heavy atom. The number of hydrogen-bond acceptors (Lipinski definition) is 3. The average molecular weight is 504 g/mol. The Labute approximate surface area is 186 Å². The van der Waals surface area contributed by atoms with Crippen molar-refractivity contribution >= 4 is 35.8 Å². The SMILES string of the molecule is CN(C)C(=O)CN=C(NCC1CCCCC1)NC1C2CCOC2C12CCC2.I. The van der Waals surface area contributed by atoms with Crippen molar-refractivity contribution in [2.75, 3.05) is 33.8 Å². The summed E-state index contributed by atoms with van der Waals surface area (Å²) < 4.78 is 6.05. The van der Waals surface area contributed by atoms with E-state index in [0.717, 1.165) is 31.4 Å². The van der Waals surface area contributed by atoms with Crippen LogP contribution in [-0.2, 0) is 9.53 Å². The van der Waals surface area contributed by atoms with E-state index in [4.69, 9.17) is 4.74 Å². The number of carbonyl (C=O) groups excluding carboxylic acids is 1. The van der Waals surface area contributed by atoms with Crippen LogP contribution >= 0.6 is 24.0 Å². The summed E-state index contributed by atoms with van der Waals surface area (Å²) in [5.41, 5.74) is 0.319. The van der Waals surface area contributed by atoms with Gasteiger partial charge in [-0.2, -0.15) is 0 Å². The molecule has 0 radical (unpaired) electrons. The molecule has 4 aliphatic rings. The number of amides is 1. The van der Waals surface area contributed by atoms with Crippen molar-refractivity contribution in [3.05, 3.63) is 0 Å². The van der Waals surface area contributed by atoms with Gasteiger partial charge in [-0.1, -0.05) is 25.7 Å². The number of rotatable bonds is 5. The quantitative estimate of drug-likeness (QED) is 0.344. The Kier molecular flexibility index (Phi) is 7.50. The normalized spacial score (nSPS) is 31.2. The fraction of sp³-hybridized carbons (Fsp3) is 0.905. The highest BCUT2D eigenvalue weighted by atomic mass is 127. The Morgan fingerprint density at radius 2 is 1.89 bits per heavy atom. The smallest absolute Gasteiger partial charge is 0.243 e. The second-order valence-corrected chi connectivity index (χ2v) is 9.29. The predicted molar refractivity (Wildman–Crippen MR) is 122 cm³/mol. The highest BCUT2D eigenvalue weighted by molar-refractivity contribution is 14.0. The van der Waals surface area contributed by atoms with E-state index in [9.17, 15) is 4.79 Å². The first-order chi connectivity index (χ1) is 13.1. The van der Waals surface area contributed by atoms with Crippen LogP contribution in [-0.4, -0.2) is 62.7 Å². The molecule has 1 heterocycles. The largest absolute Gasteiger partial charge is 0.377 e. The molecule has 4 fully saturated rings. The van der Waals surface area contributed by atoms with Gasteiger partial charge in [-0.3, -0.25) is 4.79 Å². The molecule has 3 atom stereocenters. The number of guanidine groups is 1. The highest BCUT2D eigenvalue weighted by Gasteiger charge is 2.66. The van der Waals surface area contributed by atoms with Crippen LogP contribution in [0.4, 0.5) is 0 Å². The number of halogens is 1. The molecule has 7 heteroatoms. The molecule has 1 saturated heterocycles. The first-order valence-corrected chi connectivity index (χ1v) is 11.0. The van der Waals surface area contributed by atoms with Crippen molar-refractivity contribution < 1.29 is 9.53 Å². The number of hydrogen-bond donors (Lipinski definition) is 2. The highest BCUT2D eigenvalue weighted by Crippen LogP contribution is 2.62. The van der Waals surface area contributed by atoms with Gasteiger partial charge in [0.25, 0.3) is 0 Å². The Bertz CT molecular complexity index is 573. The minimum absolute atomic E-state index is 0. The van der Waals surface area contributed by atoms with Gasteiger partial charge in [0.1, 0.15) is 6.54 Å². The van der Waals surface area contributed by atoms with Crippen LogP contribution in [0.5, 0.6) is 0 Å². The molecule has 0 aromatic carbocycles.